The second-order valence-corrected chi connectivity index (χ2v) is 11.7. The highest BCUT2D eigenvalue weighted by Crippen LogP contribution is 2.62. The van der Waals surface area contributed by atoms with Gasteiger partial charge >= 0.3 is 0 Å². The third kappa shape index (κ3) is 4.10. The van der Waals surface area contributed by atoms with Gasteiger partial charge in [-0.05, 0) is 86.3 Å². The fourth-order valence-corrected chi connectivity index (χ4v) is 7.97. The van der Waals surface area contributed by atoms with Crippen LogP contribution in [0.4, 0.5) is 5.13 Å². The van der Waals surface area contributed by atoms with Crippen LogP contribution < -0.4 is 5.32 Å². The average Bonchev–Trinajstić information content (AvgIpc) is 3.37. The number of thiazole rings is 1. The third-order valence-electron chi connectivity index (χ3n) is 8.69. The number of fused-ring (bicyclic) bond motifs is 5. The molecular weight excluding hydrogens is 460 g/mol. The van der Waals surface area contributed by atoms with Gasteiger partial charge in [-0.15, -0.1) is 11.3 Å². The molecule has 2 N–H and O–H groups in total. The first-order chi connectivity index (χ1) is 16.9. The normalized spacial score (nSPS) is 30.2. The monoisotopic (exact) mass is 492 g/mol. The Morgan fingerprint density at radius 1 is 1.43 bits per heavy atom. The van der Waals surface area contributed by atoms with Crippen molar-refractivity contribution >= 4 is 28.1 Å². The van der Waals surface area contributed by atoms with Crippen LogP contribution in [0.15, 0.2) is 23.5 Å². The second kappa shape index (κ2) is 9.27. The number of oxime groups is 1. The number of amides is 1. The van der Waals surface area contributed by atoms with Crippen molar-refractivity contribution in [2.24, 2.45) is 28.3 Å². The molecule has 2 saturated carbocycles. The van der Waals surface area contributed by atoms with Crippen molar-refractivity contribution in [2.75, 3.05) is 12.4 Å². The number of phenols is 1. The second-order valence-electron chi connectivity index (χ2n) is 10.5. The Hall–Kier alpha value is -2.92. The highest BCUT2D eigenvalue weighted by molar-refractivity contribution is 7.15. The fourth-order valence-electron chi connectivity index (χ4n) is 7.29. The maximum Gasteiger partial charge on any atom is 0.226 e. The molecule has 0 radical (unpaired) electrons. The molecule has 1 aromatic carbocycles. The Labute approximate surface area is 210 Å². The highest BCUT2D eigenvalue weighted by atomic mass is 32.1. The topological polar surface area (TPSA) is 108 Å². The minimum absolute atomic E-state index is 0.00803. The summed E-state index contributed by atoms with van der Waals surface area (Å²) in [5.74, 6) is 1.66. The molecule has 3 aliphatic rings. The molecule has 0 bridgehead atoms. The molecule has 5 rings (SSSR count). The maximum atomic E-state index is 12.7. The van der Waals surface area contributed by atoms with Crippen LogP contribution in [0, 0.1) is 41.4 Å². The molecule has 35 heavy (non-hydrogen) atoms. The molecule has 7 nitrogen and oxygen atoms in total. The summed E-state index contributed by atoms with van der Waals surface area (Å²) in [6.45, 7) is 4.31. The summed E-state index contributed by atoms with van der Waals surface area (Å²) in [5.41, 5.74) is 3.77. The Morgan fingerprint density at radius 2 is 2.26 bits per heavy atom. The van der Waals surface area contributed by atoms with Crippen LogP contribution in [0.25, 0.3) is 0 Å². The molecule has 0 saturated heterocycles. The van der Waals surface area contributed by atoms with Crippen molar-refractivity contribution in [3.8, 4) is 11.8 Å². The van der Waals surface area contributed by atoms with Crippen molar-refractivity contribution in [3.63, 3.8) is 0 Å². The van der Waals surface area contributed by atoms with Gasteiger partial charge in [-0.25, -0.2) is 4.98 Å². The number of nitrogens with one attached hydrogen (secondary N) is 1. The van der Waals surface area contributed by atoms with Gasteiger partial charge in [0.1, 0.15) is 18.9 Å². The van der Waals surface area contributed by atoms with Gasteiger partial charge in [-0.3, -0.25) is 4.79 Å². The van der Waals surface area contributed by atoms with Crippen molar-refractivity contribution in [2.45, 2.75) is 64.7 Å². The summed E-state index contributed by atoms with van der Waals surface area (Å²) in [7, 11) is 1.61. The van der Waals surface area contributed by atoms with Crippen LogP contribution in [0.1, 0.15) is 72.9 Å². The number of benzene rings is 1. The van der Waals surface area contributed by atoms with Crippen LogP contribution >= 0.6 is 11.3 Å². The number of aromatic hydroxyl groups is 1. The lowest BCUT2D eigenvalue weighted by Gasteiger charge is -2.50. The first-order valence-corrected chi connectivity index (χ1v) is 13.2. The molecule has 184 valence electrons. The van der Waals surface area contributed by atoms with Crippen molar-refractivity contribution in [1.82, 2.24) is 4.98 Å². The van der Waals surface area contributed by atoms with E-state index in [1.54, 1.807) is 19.4 Å². The predicted molar refractivity (Wildman–Crippen MR) is 135 cm³/mol. The Kier molecular flexibility index (Phi) is 6.30. The summed E-state index contributed by atoms with van der Waals surface area (Å²) >= 11 is 1.49. The molecule has 1 heterocycles. The molecule has 5 atom stereocenters. The van der Waals surface area contributed by atoms with E-state index in [0.717, 1.165) is 54.7 Å². The zero-order chi connectivity index (χ0) is 24.7. The number of aromatic nitrogens is 1. The number of nitriles is 1. The Bertz CT molecular complexity index is 1220. The zero-order valence-corrected chi connectivity index (χ0v) is 21.3. The summed E-state index contributed by atoms with van der Waals surface area (Å²) in [4.78, 5) is 23.3. The first-order valence-electron chi connectivity index (χ1n) is 12.4. The largest absolute Gasteiger partial charge is 0.507 e. The standard InChI is InChI=1S/C27H32N4O3S/c1-15-14-29-26(35-15)30-24(33)9-4-16-12-23(31-34-3)27(2)11-10-19-17-7-8-22(32)21(13-28)18(17)5-6-20(19)25(16)27/h7-8,14,16,19-20,25,32H,4-6,9-12H2,1-3H3,(H,29,30,33). The van der Waals surface area contributed by atoms with E-state index in [4.69, 9.17) is 4.84 Å². The van der Waals surface area contributed by atoms with E-state index in [2.05, 4.69) is 28.4 Å². The van der Waals surface area contributed by atoms with E-state index in [1.165, 1.54) is 16.9 Å². The molecule has 8 heteroatoms. The summed E-state index contributed by atoms with van der Waals surface area (Å²) < 4.78 is 0. The number of hydrogen-bond donors (Lipinski definition) is 2. The minimum Gasteiger partial charge on any atom is -0.507 e. The molecular formula is C27H32N4O3S. The van der Waals surface area contributed by atoms with E-state index in [9.17, 15) is 15.2 Å². The maximum absolute atomic E-state index is 12.7. The summed E-state index contributed by atoms with van der Waals surface area (Å²) in [6.07, 6.45) is 7.70. The van der Waals surface area contributed by atoms with E-state index in [1.807, 2.05) is 13.0 Å². The molecule has 0 aliphatic heterocycles. The van der Waals surface area contributed by atoms with E-state index in [0.29, 0.717) is 40.8 Å². The van der Waals surface area contributed by atoms with Gasteiger partial charge in [0.05, 0.1) is 11.3 Å². The van der Waals surface area contributed by atoms with Crippen LogP contribution in [0.5, 0.6) is 5.75 Å². The zero-order valence-electron chi connectivity index (χ0n) is 20.5. The van der Waals surface area contributed by atoms with Gasteiger partial charge in [0, 0.05) is 22.9 Å². The molecule has 0 spiro atoms. The summed E-state index contributed by atoms with van der Waals surface area (Å²) in [6, 6.07) is 5.94. The number of nitrogens with zero attached hydrogens (tertiary/aromatic N) is 3. The van der Waals surface area contributed by atoms with E-state index < -0.39 is 0 Å². The number of phenolic OH excluding ortho intramolecular Hbond substituents is 1. The van der Waals surface area contributed by atoms with Crippen LogP contribution in [-0.2, 0) is 16.1 Å². The lowest BCUT2D eigenvalue weighted by atomic mass is 9.53. The number of rotatable bonds is 5. The predicted octanol–water partition coefficient (Wildman–Crippen LogP) is 5.53. The number of hydrogen-bond acceptors (Lipinski definition) is 7. The van der Waals surface area contributed by atoms with Crippen LogP contribution in [-0.4, -0.2) is 28.8 Å². The highest BCUT2D eigenvalue weighted by Gasteiger charge is 2.57. The first kappa shape index (κ1) is 23.8. The van der Waals surface area contributed by atoms with Crippen molar-refractivity contribution in [3.05, 3.63) is 39.9 Å². The molecule has 1 amide bonds. The number of anilines is 1. The lowest BCUT2D eigenvalue weighted by molar-refractivity contribution is -0.116. The number of carbonyl (C=O) groups is 1. The quantitative estimate of drug-likeness (QED) is 0.534. The van der Waals surface area contributed by atoms with Crippen molar-refractivity contribution < 1.29 is 14.7 Å². The van der Waals surface area contributed by atoms with Crippen LogP contribution in [0.3, 0.4) is 0 Å². The van der Waals surface area contributed by atoms with Gasteiger partial charge in [0.2, 0.25) is 5.91 Å². The van der Waals surface area contributed by atoms with Gasteiger partial charge in [-0.2, -0.15) is 5.26 Å². The van der Waals surface area contributed by atoms with Gasteiger partial charge in [0.25, 0.3) is 0 Å². The number of carbonyl (C=O) groups excluding carboxylic acids is 1. The molecule has 2 fully saturated rings. The minimum atomic E-state index is -0.0444. The van der Waals surface area contributed by atoms with Gasteiger partial charge < -0.3 is 15.3 Å². The molecule has 5 unspecified atom stereocenters. The van der Waals surface area contributed by atoms with E-state index >= 15 is 0 Å². The fraction of sp³-hybridized carbons (Fsp3) is 0.556. The van der Waals surface area contributed by atoms with Gasteiger partial charge in [-0.1, -0.05) is 18.1 Å². The van der Waals surface area contributed by atoms with E-state index in [-0.39, 0.29) is 17.1 Å². The SMILES string of the molecule is CON=C1CC(CCC(=O)Nc2ncc(C)s2)C2C3CCc4c(ccc(O)c4C#N)C3CCC12C. The van der Waals surface area contributed by atoms with Crippen LogP contribution in [0.2, 0.25) is 0 Å². The smallest absolute Gasteiger partial charge is 0.226 e. The molecule has 2 aromatic rings. The van der Waals surface area contributed by atoms with Gasteiger partial charge in [0.15, 0.2) is 5.13 Å². The Morgan fingerprint density at radius 3 is 2.97 bits per heavy atom. The lowest BCUT2D eigenvalue weighted by Crippen LogP contribution is -2.44. The average molecular weight is 493 g/mol. The molecule has 3 aliphatic carbocycles. The molecule has 1 aromatic heterocycles. The third-order valence-corrected chi connectivity index (χ3v) is 9.52. The summed E-state index contributed by atoms with van der Waals surface area (Å²) in [5, 5.41) is 28.0. The number of aryl methyl sites for hydroxylation is 1. The van der Waals surface area contributed by atoms with Crippen molar-refractivity contribution in [1.29, 1.82) is 5.26 Å². The Balaban J connectivity index is 1.40.